The molecule has 0 radical (unpaired) electrons. The molecule has 9 heteroatoms. The molecule has 1 N–H and O–H groups in total. The summed E-state index contributed by atoms with van der Waals surface area (Å²) in [6, 6.07) is 9.72. The second-order valence-corrected chi connectivity index (χ2v) is 6.66. The fourth-order valence-corrected chi connectivity index (χ4v) is 2.73. The zero-order valence-electron chi connectivity index (χ0n) is 13.9. The van der Waals surface area contributed by atoms with Crippen LogP contribution in [-0.4, -0.2) is 23.1 Å². The Hall–Kier alpha value is -2.45. The van der Waals surface area contributed by atoms with E-state index in [9.17, 15) is 14.9 Å². The van der Waals surface area contributed by atoms with Gasteiger partial charge in [-0.25, -0.2) is 5.43 Å². The number of halogens is 2. The van der Waals surface area contributed by atoms with Gasteiger partial charge in [0.1, 0.15) is 10.8 Å². The van der Waals surface area contributed by atoms with Crippen LogP contribution in [0.5, 0.6) is 5.75 Å². The number of hydrazone groups is 1. The Labute approximate surface area is 163 Å². The molecule has 1 amide bonds. The van der Waals surface area contributed by atoms with Crippen LogP contribution in [0.1, 0.15) is 18.1 Å². The molecule has 0 bridgehead atoms. The minimum absolute atomic E-state index is 0.0295. The van der Waals surface area contributed by atoms with Crippen molar-refractivity contribution < 1.29 is 14.5 Å². The van der Waals surface area contributed by atoms with Crippen LogP contribution in [0, 0.1) is 17.0 Å². The summed E-state index contributed by atoms with van der Waals surface area (Å²) >= 11 is 9.12. The van der Waals surface area contributed by atoms with E-state index in [0.29, 0.717) is 11.3 Å². The van der Waals surface area contributed by atoms with Crippen molar-refractivity contribution in [2.24, 2.45) is 5.10 Å². The number of aryl methyl sites for hydroxylation is 1. The molecular formula is C17H15BrClN3O4. The summed E-state index contributed by atoms with van der Waals surface area (Å²) < 4.78 is 6.34. The van der Waals surface area contributed by atoms with Crippen LogP contribution in [0.4, 0.5) is 5.69 Å². The molecule has 136 valence electrons. The molecule has 0 aliphatic rings. The summed E-state index contributed by atoms with van der Waals surface area (Å²) in [4.78, 5) is 22.3. The van der Waals surface area contributed by atoms with Gasteiger partial charge in [0.05, 0.1) is 15.6 Å². The molecule has 2 aromatic carbocycles. The minimum Gasteiger partial charge on any atom is -0.480 e. The summed E-state index contributed by atoms with van der Waals surface area (Å²) in [7, 11) is 0. The second kappa shape index (κ2) is 8.77. The maximum atomic E-state index is 12.1. The van der Waals surface area contributed by atoms with E-state index in [-0.39, 0.29) is 10.7 Å². The lowest BCUT2D eigenvalue weighted by Crippen LogP contribution is -2.33. The third-order valence-electron chi connectivity index (χ3n) is 3.32. The number of nitrogens with one attached hydrogen (secondary N) is 1. The third-order valence-corrected chi connectivity index (χ3v) is 4.25. The molecule has 0 aliphatic carbocycles. The van der Waals surface area contributed by atoms with Crippen molar-refractivity contribution in [2.45, 2.75) is 20.0 Å². The highest BCUT2D eigenvalue weighted by Crippen LogP contribution is 2.27. The number of carbonyl (C=O) groups excluding carboxylic acids is 1. The molecule has 7 nitrogen and oxygen atoms in total. The Morgan fingerprint density at radius 2 is 2.12 bits per heavy atom. The number of nitrogens with zero attached hydrogens (tertiary/aromatic N) is 2. The Balaban J connectivity index is 1.98. The topological polar surface area (TPSA) is 93.8 Å². The lowest BCUT2D eigenvalue weighted by atomic mass is 10.2. The van der Waals surface area contributed by atoms with Crippen molar-refractivity contribution in [3.8, 4) is 5.75 Å². The molecule has 0 saturated carbocycles. The number of hydrogen-bond donors (Lipinski definition) is 1. The number of ether oxygens (including phenoxy) is 1. The summed E-state index contributed by atoms with van der Waals surface area (Å²) in [5, 5.41) is 14.7. The van der Waals surface area contributed by atoms with E-state index in [1.54, 1.807) is 19.1 Å². The van der Waals surface area contributed by atoms with E-state index < -0.39 is 16.9 Å². The zero-order valence-corrected chi connectivity index (χ0v) is 16.2. The van der Waals surface area contributed by atoms with Gasteiger partial charge in [-0.05, 0) is 53.5 Å². The average molecular weight is 441 g/mol. The Morgan fingerprint density at radius 1 is 1.38 bits per heavy atom. The second-order valence-electron chi connectivity index (χ2n) is 5.40. The van der Waals surface area contributed by atoms with E-state index in [2.05, 4.69) is 26.5 Å². The first-order valence-electron chi connectivity index (χ1n) is 7.47. The van der Waals surface area contributed by atoms with Crippen LogP contribution < -0.4 is 10.2 Å². The lowest BCUT2D eigenvalue weighted by molar-refractivity contribution is -0.384. The quantitative estimate of drug-likeness (QED) is 0.413. The van der Waals surface area contributed by atoms with Gasteiger partial charge in [-0.1, -0.05) is 23.7 Å². The summed E-state index contributed by atoms with van der Waals surface area (Å²) in [5.74, 6) is 0.0766. The maximum Gasteiger partial charge on any atom is 0.288 e. The fourth-order valence-electron chi connectivity index (χ4n) is 1.96. The van der Waals surface area contributed by atoms with Gasteiger partial charge in [-0.15, -0.1) is 0 Å². The van der Waals surface area contributed by atoms with Crippen LogP contribution in [0.2, 0.25) is 5.02 Å². The van der Waals surface area contributed by atoms with Crippen LogP contribution in [0.15, 0.2) is 46.0 Å². The normalized spacial score (nSPS) is 12.0. The van der Waals surface area contributed by atoms with Crippen LogP contribution >= 0.6 is 27.5 Å². The van der Waals surface area contributed by atoms with Gasteiger partial charge < -0.3 is 4.74 Å². The molecule has 2 aromatic rings. The SMILES string of the molecule is Cc1ccc(O[C@@H](C)C(=O)N/N=C\c2ccc(Cl)c([N+](=O)[O-])c2)c(Br)c1. The first-order chi connectivity index (χ1) is 12.3. The first kappa shape index (κ1) is 19.9. The maximum absolute atomic E-state index is 12.1. The number of amides is 1. The number of nitro benzene ring substituents is 1. The Bertz CT molecular complexity index is 873. The molecule has 1 atom stereocenters. The highest BCUT2D eigenvalue weighted by molar-refractivity contribution is 9.10. The van der Waals surface area contributed by atoms with Gasteiger partial charge in [-0.2, -0.15) is 5.10 Å². The fraction of sp³-hybridized carbons (Fsp3) is 0.176. The Kier molecular flexibility index (Phi) is 6.70. The van der Waals surface area contributed by atoms with Gasteiger partial charge in [0.2, 0.25) is 0 Å². The monoisotopic (exact) mass is 439 g/mol. The summed E-state index contributed by atoms with van der Waals surface area (Å²) in [5.41, 5.74) is 3.58. The van der Waals surface area contributed by atoms with E-state index in [0.717, 1.165) is 10.0 Å². The van der Waals surface area contributed by atoms with E-state index in [1.165, 1.54) is 18.3 Å². The molecule has 0 spiro atoms. The number of nitro groups is 1. The molecule has 0 unspecified atom stereocenters. The number of benzene rings is 2. The Morgan fingerprint density at radius 3 is 2.77 bits per heavy atom. The minimum atomic E-state index is -0.786. The van der Waals surface area contributed by atoms with Crippen LogP contribution in [0.25, 0.3) is 0 Å². The molecule has 0 aromatic heterocycles. The van der Waals surface area contributed by atoms with Crippen molar-refractivity contribution in [1.82, 2.24) is 5.43 Å². The highest BCUT2D eigenvalue weighted by atomic mass is 79.9. The van der Waals surface area contributed by atoms with E-state index in [1.807, 2.05) is 19.1 Å². The van der Waals surface area contributed by atoms with Gasteiger partial charge in [-0.3, -0.25) is 14.9 Å². The third kappa shape index (κ3) is 5.27. The average Bonchev–Trinajstić information content (AvgIpc) is 2.58. The van der Waals surface area contributed by atoms with Crippen LogP contribution in [-0.2, 0) is 4.79 Å². The lowest BCUT2D eigenvalue weighted by Gasteiger charge is -2.14. The first-order valence-corrected chi connectivity index (χ1v) is 8.64. The number of rotatable bonds is 6. The number of hydrogen-bond acceptors (Lipinski definition) is 5. The molecule has 0 aliphatic heterocycles. The van der Waals surface area contributed by atoms with Crippen LogP contribution in [0.3, 0.4) is 0 Å². The standard InChI is InChI=1S/C17H15BrClN3O4/c1-10-3-6-16(13(18)7-10)26-11(2)17(23)21-20-9-12-4-5-14(19)15(8-12)22(24)25/h3-9,11H,1-2H3,(H,21,23)/b20-9-/t11-/m0/s1. The van der Waals surface area contributed by atoms with Gasteiger partial charge in [0.15, 0.2) is 6.10 Å². The largest absolute Gasteiger partial charge is 0.480 e. The molecule has 2 rings (SSSR count). The predicted octanol–water partition coefficient (Wildman–Crippen LogP) is 4.24. The van der Waals surface area contributed by atoms with Crippen molar-refractivity contribution in [3.05, 3.63) is 67.1 Å². The predicted molar refractivity (Wildman–Crippen MR) is 103 cm³/mol. The molecular weight excluding hydrogens is 426 g/mol. The van der Waals surface area contributed by atoms with Crippen molar-refractivity contribution in [2.75, 3.05) is 0 Å². The summed E-state index contributed by atoms with van der Waals surface area (Å²) in [6.45, 7) is 3.53. The smallest absolute Gasteiger partial charge is 0.288 e. The molecule has 0 saturated heterocycles. The molecule has 0 fully saturated rings. The zero-order chi connectivity index (χ0) is 19.3. The molecule has 0 heterocycles. The van der Waals surface area contributed by atoms with E-state index in [4.69, 9.17) is 16.3 Å². The van der Waals surface area contributed by atoms with Gasteiger partial charge in [0, 0.05) is 11.6 Å². The van der Waals surface area contributed by atoms with E-state index >= 15 is 0 Å². The highest BCUT2D eigenvalue weighted by Gasteiger charge is 2.16. The van der Waals surface area contributed by atoms with Crippen molar-refractivity contribution in [1.29, 1.82) is 0 Å². The van der Waals surface area contributed by atoms with Crippen molar-refractivity contribution in [3.63, 3.8) is 0 Å². The number of carbonyl (C=O) groups is 1. The van der Waals surface area contributed by atoms with Crippen molar-refractivity contribution >= 4 is 45.3 Å². The van der Waals surface area contributed by atoms with Gasteiger partial charge in [0.25, 0.3) is 11.6 Å². The summed E-state index contributed by atoms with van der Waals surface area (Å²) in [6.07, 6.45) is 0.501. The van der Waals surface area contributed by atoms with Gasteiger partial charge >= 0.3 is 0 Å². The molecule has 26 heavy (non-hydrogen) atoms.